The summed E-state index contributed by atoms with van der Waals surface area (Å²) in [6.07, 6.45) is 3.41. The van der Waals surface area contributed by atoms with Gasteiger partial charge in [0, 0.05) is 25.7 Å². The smallest absolute Gasteiger partial charge is 0.282 e. The molecule has 6 nitrogen and oxygen atoms in total. The zero-order valence-electron chi connectivity index (χ0n) is 11.6. The van der Waals surface area contributed by atoms with Crippen LogP contribution in [0.3, 0.4) is 0 Å². The summed E-state index contributed by atoms with van der Waals surface area (Å²) in [5, 5.41) is 2.91. The number of nitrogens with one attached hydrogen (secondary N) is 1. The summed E-state index contributed by atoms with van der Waals surface area (Å²) in [4.78, 5) is 12.1. The van der Waals surface area contributed by atoms with Gasteiger partial charge in [0.15, 0.2) is 0 Å². The molecule has 1 saturated carbocycles. The van der Waals surface area contributed by atoms with Crippen LogP contribution < -0.4 is 5.32 Å². The third-order valence-electron chi connectivity index (χ3n) is 3.76. The van der Waals surface area contributed by atoms with Gasteiger partial charge in [-0.15, -0.1) is 0 Å². The Bertz CT molecular complexity index is 430. The molecule has 0 aromatic heterocycles. The van der Waals surface area contributed by atoms with E-state index in [1.165, 1.54) is 8.61 Å². The highest BCUT2D eigenvalue weighted by Crippen LogP contribution is 2.25. The lowest BCUT2D eigenvalue weighted by Gasteiger charge is -2.29. The Hall–Kier alpha value is -0.660. The third kappa shape index (κ3) is 3.09. The van der Waals surface area contributed by atoms with Crippen LogP contribution in [0.4, 0.5) is 0 Å². The Balaban J connectivity index is 2.10. The summed E-state index contributed by atoms with van der Waals surface area (Å²) < 4.78 is 27.8. The standard InChI is InChI=1S/C12H23N3O3S/c1-3-14(4-2)19(17,18)15-9-5-6-11(15)12(16)13-10-7-8-10/h10-11H,3-9H2,1-2H3,(H,13,16)/t11-/m1/s1. The fraction of sp³-hybridized carbons (Fsp3) is 0.917. The number of rotatable bonds is 6. The fourth-order valence-electron chi connectivity index (χ4n) is 2.50. The molecule has 0 aromatic rings. The van der Waals surface area contributed by atoms with E-state index in [9.17, 15) is 13.2 Å². The molecule has 2 fully saturated rings. The van der Waals surface area contributed by atoms with E-state index in [1.807, 2.05) is 13.8 Å². The summed E-state index contributed by atoms with van der Waals surface area (Å²) in [6.45, 7) is 4.95. The monoisotopic (exact) mass is 289 g/mol. The average Bonchev–Trinajstić information content (AvgIpc) is 3.03. The van der Waals surface area contributed by atoms with Crippen LogP contribution in [0.5, 0.6) is 0 Å². The summed E-state index contributed by atoms with van der Waals surface area (Å²) in [5.41, 5.74) is 0. The van der Waals surface area contributed by atoms with Crippen LogP contribution in [-0.2, 0) is 15.0 Å². The zero-order valence-corrected chi connectivity index (χ0v) is 12.4. The van der Waals surface area contributed by atoms with E-state index in [4.69, 9.17) is 0 Å². The molecule has 1 amide bonds. The van der Waals surface area contributed by atoms with Crippen molar-refractivity contribution < 1.29 is 13.2 Å². The van der Waals surface area contributed by atoms with E-state index >= 15 is 0 Å². The highest BCUT2D eigenvalue weighted by molar-refractivity contribution is 7.86. The zero-order chi connectivity index (χ0) is 14.0. The molecule has 0 aromatic carbocycles. The lowest BCUT2D eigenvalue weighted by Crippen LogP contribution is -2.51. The second kappa shape index (κ2) is 5.76. The number of carbonyl (C=O) groups excluding carboxylic acids is 1. The predicted octanol–water partition coefficient (Wildman–Crippen LogP) is 0.316. The maximum Gasteiger partial charge on any atom is 0.282 e. The third-order valence-corrected chi connectivity index (χ3v) is 5.96. The second-order valence-electron chi connectivity index (χ2n) is 5.14. The van der Waals surface area contributed by atoms with Crippen molar-refractivity contribution in [2.24, 2.45) is 0 Å². The molecule has 2 rings (SSSR count). The number of carbonyl (C=O) groups is 1. The van der Waals surface area contributed by atoms with Crippen molar-refractivity contribution in [1.29, 1.82) is 0 Å². The van der Waals surface area contributed by atoms with Gasteiger partial charge >= 0.3 is 0 Å². The van der Waals surface area contributed by atoms with E-state index in [1.54, 1.807) is 0 Å². The van der Waals surface area contributed by atoms with Crippen molar-refractivity contribution in [1.82, 2.24) is 13.9 Å². The maximum absolute atomic E-state index is 12.5. The molecule has 0 unspecified atom stereocenters. The molecule has 1 atom stereocenters. The minimum Gasteiger partial charge on any atom is -0.352 e. The largest absolute Gasteiger partial charge is 0.352 e. The van der Waals surface area contributed by atoms with Crippen molar-refractivity contribution >= 4 is 16.1 Å². The highest BCUT2D eigenvalue weighted by atomic mass is 32.2. The Morgan fingerprint density at radius 3 is 2.42 bits per heavy atom. The van der Waals surface area contributed by atoms with Gasteiger partial charge in [0.05, 0.1) is 0 Å². The molecule has 0 bridgehead atoms. The Labute approximate surface area is 115 Å². The summed E-state index contributed by atoms with van der Waals surface area (Å²) in [7, 11) is -3.50. The topological polar surface area (TPSA) is 69.7 Å². The molecule has 0 spiro atoms. The Morgan fingerprint density at radius 2 is 1.89 bits per heavy atom. The number of hydrogen-bond acceptors (Lipinski definition) is 3. The quantitative estimate of drug-likeness (QED) is 0.765. The molecule has 0 radical (unpaired) electrons. The SMILES string of the molecule is CCN(CC)S(=O)(=O)N1CCC[C@@H]1C(=O)NC1CC1. The lowest BCUT2D eigenvalue weighted by atomic mass is 10.2. The van der Waals surface area contributed by atoms with Crippen molar-refractivity contribution in [2.75, 3.05) is 19.6 Å². The molecule has 19 heavy (non-hydrogen) atoms. The van der Waals surface area contributed by atoms with Crippen molar-refractivity contribution in [3.05, 3.63) is 0 Å². The molecule has 1 saturated heterocycles. The van der Waals surface area contributed by atoms with E-state index in [2.05, 4.69) is 5.32 Å². The van der Waals surface area contributed by atoms with Crippen LogP contribution >= 0.6 is 0 Å². The maximum atomic E-state index is 12.5. The number of nitrogens with zero attached hydrogens (tertiary/aromatic N) is 2. The van der Waals surface area contributed by atoms with Crippen molar-refractivity contribution in [3.63, 3.8) is 0 Å². The molecule has 110 valence electrons. The first-order valence-electron chi connectivity index (χ1n) is 7.08. The summed E-state index contributed by atoms with van der Waals surface area (Å²) in [6, 6.07) is -0.252. The van der Waals surface area contributed by atoms with Crippen LogP contribution in [0, 0.1) is 0 Å². The molecule has 1 N–H and O–H groups in total. The van der Waals surface area contributed by atoms with E-state index in [0.29, 0.717) is 26.1 Å². The molecule has 7 heteroatoms. The van der Waals surface area contributed by atoms with Gasteiger partial charge in [-0.05, 0) is 25.7 Å². The number of amides is 1. The molecule has 1 aliphatic carbocycles. The van der Waals surface area contributed by atoms with Crippen LogP contribution in [0.2, 0.25) is 0 Å². The first kappa shape index (κ1) is 14.7. The van der Waals surface area contributed by atoms with Gasteiger partial charge in [-0.25, -0.2) is 0 Å². The van der Waals surface area contributed by atoms with Gasteiger partial charge in [0.25, 0.3) is 10.2 Å². The molecule has 2 aliphatic rings. The minimum absolute atomic E-state index is 0.129. The predicted molar refractivity (Wildman–Crippen MR) is 72.7 cm³/mol. The average molecular weight is 289 g/mol. The fourth-order valence-corrected chi connectivity index (χ4v) is 4.33. The Morgan fingerprint density at radius 1 is 1.26 bits per heavy atom. The van der Waals surface area contributed by atoms with Crippen molar-refractivity contribution in [3.8, 4) is 0 Å². The summed E-state index contributed by atoms with van der Waals surface area (Å²) >= 11 is 0. The van der Waals surface area contributed by atoms with Crippen LogP contribution in [0.25, 0.3) is 0 Å². The van der Waals surface area contributed by atoms with Crippen LogP contribution in [-0.4, -0.2) is 54.7 Å². The van der Waals surface area contributed by atoms with E-state index < -0.39 is 16.3 Å². The van der Waals surface area contributed by atoms with Gasteiger partial charge in [0.2, 0.25) is 5.91 Å². The molecular weight excluding hydrogens is 266 g/mol. The molecule has 1 heterocycles. The Kier molecular flexibility index (Phi) is 4.47. The van der Waals surface area contributed by atoms with Crippen molar-refractivity contribution in [2.45, 2.75) is 51.6 Å². The minimum atomic E-state index is -3.50. The van der Waals surface area contributed by atoms with Gasteiger partial charge in [-0.3, -0.25) is 4.79 Å². The normalized spacial score (nSPS) is 24.9. The van der Waals surface area contributed by atoms with E-state index in [0.717, 1.165) is 19.3 Å². The molecule has 1 aliphatic heterocycles. The first-order chi connectivity index (χ1) is 9.00. The lowest BCUT2D eigenvalue weighted by molar-refractivity contribution is -0.124. The molecular formula is C12H23N3O3S. The summed E-state index contributed by atoms with van der Waals surface area (Å²) in [5.74, 6) is -0.129. The second-order valence-corrected chi connectivity index (χ2v) is 7.02. The van der Waals surface area contributed by atoms with Gasteiger partial charge in [0.1, 0.15) is 6.04 Å². The highest BCUT2D eigenvalue weighted by Gasteiger charge is 2.41. The van der Waals surface area contributed by atoms with Gasteiger partial charge in [-0.1, -0.05) is 13.8 Å². The van der Waals surface area contributed by atoms with E-state index in [-0.39, 0.29) is 11.9 Å². The van der Waals surface area contributed by atoms with Crippen LogP contribution in [0.1, 0.15) is 39.5 Å². The van der Waals surface area contributed by atoms with Gasteiger partial charge < -0.3 is 5.32 Å². The number of hydrogen-bond donors (Lipinski definition) is 1. The van der Waals surface area contributed by atoms with Gasteiger partial charge in [-0.2, -0.15) is 17.0 Å². The van der Waals surface area contributed by atoms with Crippen LogP contribution in [0.15, 0.2) is 0 Å². The first-order valence-corrected chi connectivity index (χ1v) is 8.47.